The molecule has 4 rings (SSSR count). The normalized spacial score (nSPS) is 12.6. The zero-order valence-corrected chi connectivity index (χ0v) is 29.6. The largest absolute Gasteiger partial charge is 0.407 e. The minimum atomic E-state index is -2.59. The standard InChI is InChI=1S/C40H50O2Si2/c1-33(29-31-41-43(39(3,4)5,35-21-13-9-14-22-35)36-23-15-10-16-24-36)34(2)30-32-42-44(40(6,7)8,37-25-17-11-18-26-37)38-27-19-12-20-28-38/h9-28H,1-2,29-32H2,3-8H3. The predicted molar refractivity (Wildman–Crippen MR) is 195 cm³/mol. The molecule has 4 aromatic carbocycles. The molecule has 0 bridgehead atoms. The minimum Gasteiger partial charge on any atom is -0.407 e. The SMILES string of the molecule is C=C(CCO[Si](c1ccccc1)(c1ccccc1)C(C)(C)C)C(=C)CCO[Si](c1ccccc1)(c1ccccc1)C(C)(C)C. The van der Waals surface area contributed by atoms with E-state index in [4.69, 9.17) is 8.85 Å². The van der Waals surface area contributed by atoms with Crippen molar-refractivity contribution in [2.24, 2.45) is 0 Å². The molecule has 0 aromatic heterocycles. The third-order valence-corrected chi connectivity index (χ3v) is 18.9. The maximum absolute atomic E-state index is 7.12. The first-order valence-electron chi connectivity index (χ1n) is 15.8. The molecular formula is C40H50O2Si2. The van der Waals surface area contributed by atoms with Crippen molar-refractivity contribution in [2.75, 3.05) is 13.2 Å². The summed E-state index contributed by atoms with van der Waals surface area (Å²) in [6.45, 7) is 24.0. The van der Waals surface area contributed by atoms with Crippen LogP contribution in [0.5, 0.6) is 0 Å². The van der Waals surface area contributed by atoms with Gasteiger partial charge in [-0.25, -0.2) is 0 Å². The summed E-state index contributed by atoms with van der Waals surface area (Å²) in [5, 5.41) is 5.06. The van der Waals surface area contributed by atoms with Gasteiger partial charge in [0.05, 0.1) is 0 Å². The van der Waals surface area contributed by atoms with Gasteiger partial charge in [0, 0.05) is 13.2 Å². The van der Waals surface area contributed by atoms with Crippen LogP contribution in [0.2, 0.25) is 10.1 Å². The summed E-state index contributed by atoms with van der Waals surface area (Å²) in [5.41, 5.74) is 2.07. The fourth-order valence-electron chi connectivity index (χ4n) is 6.53. The Morgan fingerprint density at radius 2 is 0.682 bits per heavy atom. The molecule has 0 radical (unpaired) electrons. The highest BCUT2D eigenvalue weighted by atomic mass is 28.4. The van der Waals surface area contributed by atoms with Crippen LogP contribution in [0.25, 0.3) is 0 Å². The van der Waals surface area contributed by atoms with Crippen molar-refractivity contribution in [3.05, 3.63) is 146 Å². The van der Waals surface area contributed by atoms with Gasteiger partial charge in [-0.3, -0.25) is 0 Å². The molecule has 0 heterocycles. The minimum absolute atomic E-state index is 0.0579. The highest BCUT2D eigenvalue weighted by Gasteiger charge is 2.51. The van der Waals surface area contributed by atoms with E-state index in [0.717, 1.165) is 24.0 Å². The van der Waals surface area contributed by atoms with E-state index in [1.54, 1.807) is 0 Å². The zero-order chi connectivity index (χ0) is 31.8. The molecule has 4 heteroatoms. The third-order valence-electron chi connectivity index (χ3n) is 8.78. The maximum atomic E-state index is 7.12. The lowest BCUT2D eigenvalue weighted by Gasteiger charge is -2.43. The molecule has 230 valence electrons. The van der Waals surface area contributed by atoms with Crippen LogP contribution in [0.3, 0.4) is 0 Å². The fourth-order valence-corrected chi connectivity index (χ4v) is 15.7. The van der Waals surface area contributed by atoms with Gasteiger partial charge in [-0.2, -0.15) is 0 Å². The van der Waals surface area contributed by atoms with E-state index in [1.807, 2.05) is 0 Å². The van der Waals surface area contributed by atoms with Crippen molar-refractivity contribution < 1.29 is 8.85 Å². The Labute approximate surface area is 268 Å². The quantitative estimate of drug-likeness (QED) is 0.112. The van der Waals surface area contributed by atoms with Crippen LogP contribution in [0, 0.1) is 0 Å². The predicted octanol–water partition coefficient (Wildman–Crippen LogP) is 8.03. The number of hydrogen-bond acceptors (Lipinski definition) is 2. The number of rotatable bonds is 13. The van der Waals surface area contributed by atoms with E-state index in [0.29, 0.717) is 13.2 Å². The van der Waals surface area contributed by atoms with Gasteiger partial charge in [0.2, 0.25) is 0 Å². The molecule has 0 aliphatic carbocycles. The second-order valence-electron chi connectivity index (χ2n) is 13.7. The van der Waals surface area contributed by atoms with Crippen LogP contribution >= 0.6 is 0 Å². The van der Waals surface area contributed by atoms with Crippen molar-refractivity contribution in [1.82, 2.24) is 0 Å². The van der Waals surface area contributed by atoms with Gasteiger partial charge in [-0.1, -0.05) is 187 Å². The molecule has 0 aliphatic rings. The lowest BCUT2D eigenvalue weighted by atomic mass is 10.0. The Morgan fingerprint density at radius 3 is 0.886 bits per heavy atom. The highest BCUT2D eigenvalue weighted by molar-refractivity contribution is 7.00. The lowest BCUT2D eigenvalue weighted by molar-refractivity contribution is 0.296. The van der Waals surface area contributed by atoms with E-state index in [1.165, 1.54) is 20.7 Å². The maximum Gasteiger partial charge on any atom is 0.261 e. The van der Waals surface area contributed by atoms with E-state index in [-0.39, 0.29) is 10.1 Å². The number of benzene rings is 4. The Kier molecular flexibility index (Phi) is 10.9. The van der Waals surface area contributed by atoms with Gasteiger partial charge >= 0.3 is 0 Å². The lowest BCUT2D eigenvalue weighted by Crippen LogP contribution is -2.66. The molecule has 2 nitrogen and oxygen atoms in total. The molecule has 0 saturated heterocycles. The molecule has 0 spiro atoms. The first kappa shape index (κ1) is 33.6. The van der Waals surface area contributed by atoms with Crippen LogP contribution in [0.15, 0.2) is 146 Å². The monoisotopic (exact) mass is 618 g/mol. The molecule has 0 unspecified atom stereocenters. The molecule has 4 aromatic rings. The summed E-state index contributed by atoms with van der Waals surface area (Å²) >= 11 is 0. The van der Waals surface area contributed by atoms with Crippen LogP contribution in [-0.4, -0.2) is 29.8 Å². The van der Waals surface area contributed by atoms with E-state index >= 15 is 0 Å². The second-order valence-corrected chi connectivity index (χ2v) is 22.3. The Hall–Kier alpha value is -3.29. The van der Waals surface area contributed by atoms with Crippen LogP contribution in [0.1, 0.15) is 54.4 Å². The second kappa shape index (κ2) is 14.2. The van der Waals surface area contributed by atoms with Gasteiger partial charge in [0.1, 0.15) is 0 Å². The molecular weight excluding hydrogens is 569 g/mol. The molecule has 0 fully saturated rings. The Balaban J connectivity index is 1.49. The first-order valence-corrected chi connectivity index (χ1v) is 19.6. The van der Waals surface area contributed by atoms with Crippen molar-refractivity contribution in [2.45, 2.75) is 64.5 Å². The highest BCUT2D eigenvalue weighted by Crippen LogP contribution is 2.38. The molecule has 0 amide bonds. The molecule has 0 saturated carbocycles. The van der Waals surface area contributed by atoms with Crippen LogP contribution in [-0.2, 0) is 8.85 Å². The summed E-state index contributed by atoms with van der Waals surface area (Å²) in [5.74, 6) is 0. The van der Waals surface area contributed by atoms with Crippen molar-refractivity contribution >= 4 is 37.4 Å². The van der Waals surface area contributed by atoms with Gasteiger partial charge in [-0.15, -0.1) is 0 Å². The van der Waals surface area contributed by atoms with Crippen LogP contribution in [0.4, 0.5) is 0 Å². The first-order chi connectivity index (χ1) is 20.9. The average Bonchev–Trinajstić information content (AvgIpc) is 3.02. The zero-order valence-electron chi connectivity index (χ0n) is 27.6. The Bertz CT molecular complexity index is 1290. The average molecular weight is 619 g/mol. The van der Waals surface area contributed by atoms with Crippen molar-refractivity contribution in [3.8, 4) is 0 Å². The van der Waals surface area contributed by atoms with E-state index in [2.05, 4.69) is 176 Å². The van der Waals surface area contributed by atoms with Crippen molar-refractivity contribution in [1.29, 1.82) is 0 Å². The topological polar surface area (TPSA) is 18.5 Å². The molecule has 44 heavy (non-hydrogen) atoms. The summed E-state index contributed by atoms with van der Waals surface area (Å²) in [6, 6.07) is 43.2. The number of hydrogen-bond donors (Lipinski definition) is 0. The summed E-state index contributed by atoms with van der Waals surface area (Å²) in [7, 11) is -5.17. The van der Waals surface area contributed by atoms with E-state index < -0.39 is 16.6 Å². The van der Waals surface area contributed by atoms with Crippen molar-refractivity contribution in [3.63, 3.8) is 0 Å². The summed E-state index contributed by atoms with van der Waals surface area (Å²) < 4.78 is 14.2. The smallest absolute Gasteiger partial charge is 0.261 e. The van der Waals surface area contributed by atoms with Gasteiger partial charge < -0.3 is 8.85 Å². The fraction of sp³-hybridized carbons (Fsp3) is 0.300. The van der Waals surface area contributed by atoms with Crippen LogP contribution < -0.4 is 20.7 Å². The van der Waals surface area contributed by atoms with Gasteiger partial charge in [0.15, 0.2) is 0 Å². The Morgan fingerprint density at radius 1 is 0.455 bits per heavy atom. The molecule has 0 aliphatic heterocycles. The summed E-state index contributed by atoms with van der Waals surface area (Å²) in [4.78, 5) is 0. The van der Waals surface area contributed by atoms with Gasteiger partial charge in [0.25, 0.3) is 16.6 Å². The van der Waals surface area contributed by atoms with Gasteiger partial charge in [-0.05, 0) is 43.7 Å². The molecule has 0 atom stereocenters. The summed E-state index contributed by atoms with van der Waals surface area (Å²) in [6.07, 6.45) is 1.48. The molecule has 0 N–H and O–H groups in total. The third kappa shape index (κ3) is 7.00. The van der Waals surface area contributed by atoms with E-state index in [9.17, 15) is 0 Å².